The molecule has 0 unspecified atom stereocenters. The molecule has 96 heavy (non-hydrogen) atoms. The molecule has 9 nitrogen and oxygen atoms in total. The van der Waals surface area contributed by atoms with Gasteiger partial charge in [-0.25, -0.2) is 24.8 Å². The summed E-state index contributed by atoms with van der Waals surface area (Å²) in [5.41, 5.74) is 22.3. The predicted molar refractivity (Wildman–Crippen MR) is 409 cm³/mol. The molecule has 0 atom stereocenters. The lowest BCUT2D eigenvalue weighted by molar-refractivity contribution is 0.0925. The Bertz CT molecular complexity index is 5400. The summed E-state index contributed by atoms with van der Waals surface area (Å²) in [7, 11) is 0. The number of aryl methyl sites for hydroxylation is 11. The van der Waals surface area contributed by atoms with Gasteiger partial charge < -0.3 is 8.83 Å². The van der Waals surface area contributed by atoms with Gasteiger partial charge in [0, 0.05) is 26.4 Å². The average molecular weight is 1360 g/mol. The van der Waals surface area contributed by atoms with Crippen LogP contribution in [-0.4, -0.2) is 31.8 Å². The Kier molecular flexibility index (Phi) is 17.6. The first kappa shape index (κ1) is 63.8. The number of thiazole rings is 4. The number of hydrogen-bond acceptors (Lipinski definition) is 14. The van der Waals surface area contributed by atoms with E-state index in [9.17, 15) is 9.59 Å². The van der Waals surface area contributed by atoms with Gasteiger partial charge in [-0.2, -0.15) is 11.3 Å². The number of para-hydroxylation sites is 2. The third kappa shape index (κ3) is 12.4. The second-order valence-corrected chi connectivity index (χ2v) is 30.1. The molecule has 1 aliphatic heterocycles. The van der Waals surface area contributed by atoms with Crippen molar-refractivity contribution < 1.29 is 18.4 Å². The van der Waals surface area contributed by atoms with Crippen LogP contribution in [0.15, 0.2) is 202 Å². The van der Waals surface area contributed by atoms with E-state index >= 15 is 0 Å². The number of nitrogens with zero attached hydrogens (tertiary/aromatic N) is 5. The molecule has 18 rings (SSSR count). The van der Waals surface area contributed by atoms with E-state index < -0.39 is 0 Å². The number of rotatable bonds is 5. The van der Waals surface area contributed by atoms with Crippen LogP contribution in [0, 0.1) is 76.2 Å². The van der Waals surface area contributed by atoms with Gasteiger partial charge in [-0.05, 0) is 203 Å². The van der Waals surface area contributed by atoms with Gasteiger partial charge in [0.15, 0.2) is 21.5 Å². The fourth-order valence-corrected chi connectivity index (χ4v) is 18.0. The number of hydrogen-bond donors (Lipinski definition) is 0. The molecule has 8 aromatic heterocycles. The number of benzene rings is 9. The Balaban J connectivity index is 0.000000103. The van der Waals surface area contributed by atoms with Crippen LogP contribution in [-0.2, 0) is 0 Å². The largest absolute Gasteiger partial charge is 0.454 e. The van der Waals surface area contributed by atoms with Crippen molar-refractivity contribution in [2.75, 3.05) is 4.90 Å². The van der Waals surface area contributed by atoms with Gasteiger partial charge in [0.25, 0.3) is 11.8 Å². The fourth-order valence-electron chi connectivity index (χ4n) is 11.8. The number of carbonyl (C=O) groups excluding carboxylic acids is 2. The molecule has 0 bridgehead atoms. The lowest BCUT2D eigenvalue weighted by Crippen LogP contribution is -2.29. The molecule has 0 spiro atoms. The highest BCUT2D eigenvalue weighted by atomic mass is 32.1. The minimum atomic E-state index is -0.229. The Morgan fingerprint density at radius 3 is 1.28 bits per heavy atom. The van der Waals surface area contributed by atoms with Crippen LogP contribution in [0.4, 0.5) is 5.69 Å². The SMILES string of the molecule is Cc1ccc(C)c2c1C(=O)N(c1ccccc1)C2=O.Cc1ccc(C)c2sc(-c3cc4ccccc4o3)nc12.Cc1ccc(C)c2sc(-c3cc4ccccc4s3)nc12.Cc1ccc(C)c2sc(-c3ccsc3)nc12.Cc1ccc2oc(-c3nc4c(C)ccc(C)c4s3)cc2c1. The smallest absolute Gasteiger partial charge is 0.266 e. The molecule has 0 saturated carbocycles. The Morgan fingerprint density at radius 1 is 0.354 bits per heavy atom. The van der Waals surface area contributed by atoms with Crippen molar-refractivity contribution in [3.63, 3.8) is 0 Å². The maximum Gasteiger partial charge on any atom is 0.266 e. The molecule has 0 saturated heterocycles. The molecule has 0 aliphatic carbocycles. The summed E-state index contributed by atoms with van der Waals surface area (Å²) in [6, 6.07) is 61.4. The van der Waals surface area contributed by atoms with Crippen molar-refractivity contribution in [3.8, 4) is 42.0 Å². The summed E-state index contributed by atoms with van der Waals surface area (Å²) in [6.07, 6.45) is 0. The Labute approximate surface area is 580 Å². The standard InChI is InChI=1S/C18H15NOS.C17H13NOS.C17H13NS2.C16H13NO2.C13H11NS2/c1-10-4-7-14-13(8-10)9-15(20-14)18-19-16-11(2)5-6-12(3)17(16)21-18;2*1-10-7-8-11(2)16-15(10)18-17(20-16)14-9-12-5-3-4-6-13(12)19-14;1-10-8-9-11(2)14-13(10)15(18)17(16(14)19)12-6-4-3-5-7-12;1-8-3-4-9(2)12-11(8)14-13(16-12)10-5-6-15-7-10/h4-9H,1-3H3;2*3-9H,1-2H3;3-9H,1-2H3;3-7H,1-2H3. The molecule has 474 valence electrons. The van der Waals surface area contributed by atoms with Gasteiger partial charge in [-0.3, -0.25) is 9.59 Å². The van der Waals surface area contributed by atoms with Crippen molar-refractivity contribution in [2.24, 2.45) is 0 Å². The number of thiophene rings is 2. The van der Waals surface area contributed by atoms with E-state index in [1.165, 1.54) is 94.3 Å². The van der Waals surface area contributed by atoms with Crippen molar-refractivity contribution >= 4 is 158 Å². The normalized spacial score (nSPS) is 11.9. The topological polar surface area (TPSA) is 115 Å². The first-order valence-electron chi connectivity index (χ1n) is 31.4. The zero-order valence-corrected chi connectivity index (χ0v) is 59.7. The third-order valence-corrected chi connectivity index (χ3v) is 24.0. The molecule has 1 aliphatic rings. The number of aromatic nitrogens is 4. The van der Waals surface area contributed by atoms with E-state index in [4.69, 9.17) is 28.8 Å². The van der Waals surface area contributed by atoms with E-state index in [-0.39, 0.29) is 11.8 Å². The van der Waals surface area contributed by atoms with Crippen LogP contribution >= 0.6 is 68.0 Å². The lowest BCUT2D eigenvalue weighted by Gasteiger charge is -2.13. The highest BCUT2D eigenvalue weighted by Gasteiger charge is 2.39. The summed E-state index contributed by atoms with van der Waals surface area (Å²) in [6.45, 7) is 22.8. The maximum atomic E-state index is 12.5. The van der Waals surface area contributed by atoms with Gasteiger partial charge in [0.1, 0.15) is 21.2 Å². The quantitative estimate of drug-likeness (QED) is 0.157. The van der Waals surface area contributed by atoms with Crippen LogP contribution in [0.5, 0.6) is 0 Å². The minimum absolute atomic E-state index is 0.229. The van der Waals surface area contributed by atoms with Gasteiger partial charge in [0.2, 0.25) is 0 Å². The van der Waals surface area contributed by atoms with Crippen LogP contribution in [0.3, 0.4) is 0 Å². The molecular weight excluding hydrogens is 1300 g/mol. The molecule has 0 N–H and O–H groups in total. The van der Waals surface area contributed by atoms with Crippen LogP contribution < -0.4 is 4.90 Å². The summed E-state index contributed by atoms with van der Waals surface area (Å²) < 4.78 is 18.3. The van der Waals surface area contributed by atoms with Crippen molar-refractivity contribution in [1.29, 1.82) is 0 Å². The van der Waals surface area contributed by atoms with Crippen LogP contribution in [0.25, 0.3) is 115 Å². The van der Waals surface area contributed by atoms with E-state index in [0.717, 1.165) is 86.7 Å². The number of amides is 2. The zero-order valence-electron chi connectivity index (χ0n) is 54.8. The number of fused-ring (bicyclic) bond motifs is 8. The van der Waals surface area contributed by atoms with Crippen LogP contribution in [0.1, 0.15) is 81.9 Å². The second-order valence-electron chi connectivity index (χ2n) is 24.3. The molecule has 9 aromatic carbocycles. The van der Waals surface area contributed by atoms with Gasteiger partial charge in [-0.1, -0.05) is 127 Å². The van der Waals surface area contributed by atoms with Crippen LogP contribution in [0.2, 0.25) is 0 Å². The van der Waals surface area contributed by atoms with Gasteiger partial charge in [-0.15, -0.1) is 56.7 Å². The molecular formula is C81H65N5O4S6. The number of furan rings is 2. The van der Waals surface area contributed by atoms with Crippen molar-refractivity contribution in [2.45, 2.75) is 76.2 Å². The van der Waals surface area contributed by atoms with Gasteiger partial charge >= 0.3 is 0 Å². The fraction of sp³-hybridized carbons (Fsp3) is 0.136. The monoisotopic (exact) mass is 1360 g/mol. The highest BCUT2D eigenvalue weighted by molar-refractivity contribution is 7.28. The highest BCUT2D eigenvalue weighted by Crippen LogP contribution is 2.42. The molecule has 0 radical (unpaired) electrons. The second kappa shape index (κ2) is 26.6. The zero-order chi connectivity index (χ0) is 66.6. The van der Waals surface area contributed by atoms with E-state index in [1.54, 1.807) is 68.8 Å². The Hall–Kier alpha value is -9.58. The first-order valence-corrected chi connectivity index (χ1v) is 36.5. The number of imide groups is 1. The lowest BCUT2D eigenvalue weighted by atomic mass is 9.99. The van der Waals surface area contributed by atoms with E-state index in [0.29, 0.717) is 16.8 Å². The van der Waals surface area contributed by atoms with E-state index in [1.807, 2.05) is 79.8 Å². The number of carbonyl (C=O) groups is 2. The maximum absolute atomic E-state index is 12.5. The molecule has 15 heteroatoms. The summed E-state index contributed by atoms with van der Waals surface area (Å²) in [5, 5.41) is 12.0. The summed E-state index contributed by atoms with van der Waals surface area (Å²) in [4.78, 5) is 46.7. The third-order valence-electron chi connectivity index (χ3n) is 17.2. The summed E-state index contributed by atoms with van der Waals surface area (Å²) in [5.74, 6) is 1.25. The molecule has 2 amide bonds. The van der Waals surface area contributed by atoms with E-state index in [2.05, 4.69) is 188 Å². The minimum Gasteiger partial charge on any atom is -0.454 e. The average Bonchev–Trinajstić information content (AvgIpc) is 1.63. The Morgan fingerprint density at radius 2 is 0.781 bits per heavy atom. The molecule has 17 aromatic rings. The number of anilines is 1. The van der Waals surface area contributed by atoms with Crippen molar-refractivity contribution in [1.82, 2.24) is 19.9 Å². The molecule has 0 fully saturated rings. The summed E-state index contributed by atoms with van der Waals surface area (Å²) >= 11 is 10.5. The predicted octanol–water partition coefficient (Wildman–Crippen LogP) is 24.5. The molecule has 9 heterocycles. The van der Waals surface area contributed by atoms with Crippen molar-refractivity contribution in [3.05, 3.63) is 265 Å². The van der Waals surface area contributed by atoms with Gasteiger partial charge in [0.05, 0.1) is 62.6 Å². The first-order chi connectivity index (χ1) is 46.4.